The number of amides is 2. The van der Waals surface area contributed by atoms with E-state index >= 15 is 0 Å². The number of ether oxygens (including phenoxy) is 1. The highest BCUT2D eigenvalue weighted by atomic mass is 19.4. The number of hydrogen-bond acceptors (Lipinski definition) is 6. The number of carbonyl (C=O) groups is 4. The van der Waals surface area contributed by atoms with Crippen LogP contribution in [0.1, 0.15) is 13.8 Å². The standard InChI is InChI=1S/C13H17N3O4.C2HF3O2/c1-8(15-12(18)7-14)13(19)20-11-5-3-10(4-6-11)16-9(2)17;3-2(4,5)1(6)7/h3-6,8H,7,14H2,1-2H3,(H,15,18)(H,16,17);(H,6,7)/t8-;/m0./s1. The molecule has 0 radical (unpaired) electrons. The molecule has 5 N–H and O–H groups in total. The first kappa shape index (κ1) is 23.9. The molecule has 0 fully saturated rings. The van der Waals surface area contributed by atoms with Crippen LogP contribution < -0.4 is 21.1 Å². The Morgan fingerprint density at radius 3 is 2.04 bits per heavy atom. The fourth-order valence-corrected chi connectivity index (χ4v) is 1.37. The molecule has 0 spiro atoms. The number of alkyl halides is 3. The molecule has 0 saturated heterocycles. The van der Waals surface area contributed by atoms with Crippen LogP contribution in [0.15, 0.2) is 24.3 Å². The quantitative estimate of drug-likeness (QED) is 0.424. The smallest absolute Gasteiger partial charge is 0.475 e. The first-order chi connectivity index (χ1) is 12.4. The molecule has 1 aromatic carbocycles. The van der Waals surface area contributed by atoms with Crippen molar-refractivity contribution < 1.29 is 42.2 Å². The van der Waals surface area contributed by atoms with Gasteiger partial charge in [-0.15, -0.1) is 0 Å². The van der Waals surface area contributed by atoms with Gasteiger partial charge in [-0.2, -0.15) is 13.2 Å². The second-order valence-corrected chi connectivity index (χ2v) is 4.92. The lowest BCUT2D eigenvalue weighted by Crippen LogP contribution is -2.43. The van der Waals surface area contributed by atoms with Crippen molar-refractivity contribution in [3.8, 4) is 5.75 Å². The second kappa shape index (κ2) is 10.8. The molecule has 1 rings (SSSR count). The van der Waals surface area contributed by atoms with E-state index in [9.17, 15) is 27.6 Å². The average Bonchev–Trinajstić information content (AvgIpc) is 2.55. The van der Waals surface area contributed by atoms with Crippen LogP contribution in [0.3, 0.4) is 0 Å². The van der Waals surface area contributed by atoms with Gasteiger partial charge in [0.2, 0.25) is 11.8 Å². The van der Waals surface area contributed by atoms with E-state index in [1.165, 1.54) is 13.8 Å². The number of hydrogen-bond donors (Lipinski definition) is 4. The Labute approximate surface area is 151 Å². The lowest BCUT2D eigenvalue weighted by Gasteiger charge is -2.12. The summed E-state index contributed by atoms with van der Waals surface area (Å²) >= 11 is 0. The Kier molecular flexibility index (Phi) is 9.50. The molecule has 1 aromatic rings. The number of carbonyl (C=O) groups excluding carboxylic acids is 3. The molecule has 9 nitrogen and oxygen atoms in total. The van der Waals surface area contributed by atoms with Crippen molar-refractivity contribution in [3.63, 3.8) is 0 Å². The summed E-state index contributed by atoms with van der Waals surface area (Å²) in [7, 11) is 0. The Bertz CT molecular complexity index is 676. The van der Waals surface area contributed by atoms with Gasteiger partial charge < -0.3 is 26.2 Å². The maximum absolute atomic E-state index is 11.7. The number of halogens is 3. The summed E-state index contributed by atoms with van der Waals surface area (Å²) in [5.74, 6) is -3.66. The van der Waals surface area contributed by atoms with Crippen LogP contribution in [-0.4, -0.2) is 47.6 Å². The highest BCUT2D eigenvalue weighted by Gasteiger charge is 2.38. The van der Waals surface area contributed by atoms with E-state index in [0.29, 0.717) is 11.4 Å². The topological polar surface area (TPSA) is 148 Å². The number of carboxylic acid groups (broad SMARTS) is 1. The zero-order valence-corrected chi connectivity index (χ0v) is 14.3. The predicted octanol–water partition coefficient (Wildman–Crippen LogP) is 0.647. The number of nitrogens with two attached hydrogens (primary N) is 1. The predicted molar refractivity (Wildman–Crippen MR) is 86.7 cm³/mol. The molecule has 1 atom stereocenters. The van der Waals surface area contributed by atoms with Gasteiger partial charge in [0, 0.05) is 12.6 Å². The fourth-order valence-electron chi connectivity index (χ4n) is 1.37. The summed E-state index contributed by atoms with van der Waals surface area (Å²) in [6.07, 6.45) is -5.08. The van der Waals surface area contributed by atoms with Gasteiger partial charge in [0.15, 0.2) is 0 Å². The van der Waals surface area contributed by atoms with Gasteiger partial charge in [0.1, 0.15) is 11.8 Å². The summed E-state index contributed by atoms with van der Waals surface area (Å²) in [5.41, 5.74) is 5.73. The van der Waals surface area contributed by atoms with Crippen molar-refractivity contribution in [2.45, 2.75) is 26.1 Å². The van der Waals surface area contributed by atoms with Crippen molar-refractivity contribution in [2.75, 3.05) is 11.9 Å². The molecule has 150 valence electrons. The zero-order chi connectivity index (χ0) is 21.2. The normalized spacial score (nSPS) is 11.3. The van der Waals surface area contributed by atoms with E-state index < -0.39 is 30.1 Å². The maximum Gasteiger partial charge on any atom is 0.490 e. The molecule has 0 aliphatic carbocycles. The van der Waals surface area contributed by atoms with E-state index in [2.05, 4.69) is 10.6 Å². The third kappa shape index (κ3) is 10.4. The zero-order valence-electron chi connectivity index (χ0n) is 14.3. The van der Waals surface area contributed by atoms with E-state index in [0.717, 1.165) is 0 Å². The number of benzene rings is 1. The Balaban J connectivity index is 0.000000821. The molecule has 0 aliphatic heterocycles. The summed E-state index contributed by atoms with van der Waals surface area (Å²) in [5, 5.41) is 12.1. The third-order valence-electron chi connectivity index (χ3n) is 2.55. The molecule has 0 aromatic heterocycles. The van der Waals surface area contributed by atoms with Gasteiger partial charge in [-0.3, -0.25) is 9.59 Å². The maximum atomic E-state index is 11.7. The number of rotatable bonds is 5. The van der Waals surface area contributed by atoms with Crippen LogP contribution >= 0.6 is 0 Å². The van der Waals surface area contributed by atoms with Crippen LogP contribution in [0.2, 0.25) is 0 Å². The molecule has 0 saturated carbocycles. The van der Waals surface area contributed by atoms with E-state index in [4.69, 9.17) is 20.4 Å². The molecule has 0 unspecified atom stereocenters. The Hall–Kier alpha value is -3.15. The molecule has 27 heavy (non-hydrogen) atoms. The van der Waals surface area contributed by atoms with Crippen LogP contribution in [0.5, 0.6) is 5.75 Å². The molecular formula is C15H18F3N3O6. The van der Waals surface area contributed by atoms with Gasteiger partial charge in [-0.25, -0.2) is 9.59 Å². The Morgan fingerprint density at radius 2 is 1.67 bits per heavy atom. The van der Waals surface area contributed by atoms with Gasteiger partial charge in [0.05, 0.1) is 6.54 Å². The van der Waals surface area contributed by atoms with E-state index in [1.807, 2.05) is 0 Å². The first-order valence-corrected chi connectivity index (χ1v) is 7.25. The minimum absolute atomic E-state index is 0.187. The van der Waals surface area contributed by atoms with Gasteiger partial charge in [0.25, 0.3) is 0 Å². The van der Waals surface area contributed by atoms with Crippen molar-refractivity contribution in [1.82, 2.24) is 5.32 Å². The highest BCUT2D eigenvalue weighted by molar-refractivity contribution is 5.89. The monoisotopic (exact) mass is 393 g/mol. The SMILES string of the molecule is CC(=O)Nc1ccc(OC(=O)[C@H](C)NC(=O)CN)cc1.O=C(O)C(F)(F)F. The molecule has 0 bridgehead atoms. The lowest BCUT2D eigenvalue weighted by atomic mass is 10.3. The number of aliphatic carboxylic acids is 1. The van der Waals surface area contributed by atoms with Crippen LogP contribution in [0.25, 0.3) is 0 Å². The summed E-state index contributed by atoms with van der Waals surface area (Å²) in [4.78, 5) is 42.5. The second-order valence-electron chi connectivity index (χ2n) is 4.92. The molecule has 12 heteroatoms. The van der Waals surface area contributed by atoms with Crippen LogP contribution in [0.4, 0.5) is 18.9 Å². The number of carboxylic acids is 1. The minimum atomic E-state index is -5.08. The first-order valence-electron chi connectivity index (χ1n) is 7.25. The minimum Gasteiger partial charge on any atom is -0.475 e. The number of esters is 1. The molecule has 0 heterocycles. The molecule has 2 amide bonds. The number of anilines is 1. The van der Waals surface area contributed by atoms with Crippen molar-refractivity contribution >= 4 is 29.4 Å². The largest absolute Gasteiger partial charge is 0.490 e. The van der Waals surface area contributed by atoms with Crippen molar-refractivity contribution in [2.24, 2.45) is 5.73 Å². The summed E-state index contributed by atoms with van der Waals surface area (Å²) in [6, 6.07) is 5.50. The van der Waals surface area contributed by atoms with Crippen molar-refractivity contribution in [3.05, 3.63) is 24.3 Å². The van der Waals surface area contributed by atoms with Gasteiger partial charge in [-0.05, 0) is 31.2 Å². The van der Waals surface area contributed by atoms with Crippen LogP contribution in [-0.2, 0) is 19.2 Å². The average molecular weight is 393 g/mol. The van der Waals surface area contributed by atoms with Crippen LogP contribution in [0, 0.1) is 0 Å². The molecule has 0 aliphatic rings. The summed E-state index contributed by atoms with van der Waals surface area (Å²) < 4.78 is 36.8. The summed E-state index contributed by atoms with van der Waals surface area (Å²) in [6.45, 7) is 2.71. The number of nitrogens with one attached hydrogen (secondary N) is 2. The Morgan fingerprint density at radius 1 is 1.19 bits per heavy atom. The van der Waals surface area contributed by atoms with Gasteiger partial charge in [-0.1, -0.05) is 0 Å². The molecular weight excluding hydrogens is 375 g/mol. The third-order valence-corrected chi connectivity index (χ3v) is 2.55. The van der Waals surface area contributed by atoms with Gasteiger partial charge >= 0.3 is 18.1 Å². The van der Waals surface area contributed by atoms with E-state index in [1.54, 1.807) is 24.3 Å². The van der Waals surface area contributed by atoms with E-state index in [-0.39, 0.29) is 12.5 Å². The highest BCUT2D eigenvalue weighted by Crippen LogP contribution is 2.16. The lowest BCUT2D eigenvalue weighted by molar-refractivity contribution is -0.192. The van der Waals surface area contributed by atoms with Crippen molar-refractivity contribution in [1.29, 1.82) is 0 Å². The fraction of sp³-hybridized carbons (Fsp3) is 0.333.